The van der Waals surface area contributed by atoms with E-state index >= 15 is 0 Å². The van der Waals surface area contributed by atoms with Crippen molar-refractivity contribution < 1.29 is 21.5 Å². The van der Waals surface area contributed by atoms with Gasteiger partial charge in [-0.2, -0.15) is 0 Å². The molecule has 0 atom stereocenters. The Labute approximate surface area is 109 Å². The van der Waals surface area contributed by atoms with Crippen LogP contribution in [0.4, 0.5) is 0 Å². The van der Waals surface area contributed by atoms with Crippen LogP contribution in [0.15, 0.2) is 0 Å². The molecule has 0 aromatic carbocycles. The topological polar surface area (TPSA) is 0 Å². The highest BCUT2D eigenvalue weighted by molar-refractivity contribution is 9.09. The van der Waals surface area contributed by atoms with Crippen LogP contribution in [0, 0.1) is 0 Å². The Bertz CT molecular complexity index is 110. The number of hydrogen-bond donors (Lipinski definition) is 0. The van der Waals surface area contributed by atoms with Gasteiger partial charge in [-0.3, -0.25) is 0 Å². The Hall–Kier alpha value is 0.920. The van der Waals surface area contributed by atoms with Gasteiger partial charge in [0.05, 0.1) is 27.7 Å². The van der Waals surface area contributed by atoms with Crippen LogP contribution in [-0.2, 0) is 0 Å². The summed E-state index contributed by atoms with van der Waals surface area (Å²) in [6.45, 7) is 1.32. The second-order valence-corrected chi connectivity index (χ2v) is 5.62. The molecule has 0 rings (SSSR count). The van der Waals surface area contributed by atoms with Gasteiger partial charge < -0.3 is 21.5 Å². The van der Waals surface area contributed by atoms with Gasteiger partial charge in [-0.15, -0.1) is 0 Å². The van der Waals surface area contributed by atoms with Crippen molar-refractivity contribution in [1.82, 2.24) is 0 Å². The SMILES string of the molecule is C[N+](C)(C)CCCCCCCCBr.[Br-]. The van der Waals surface area contributed by atoms with Crippen LogP contribution in [0.25, 0.3) is 0 Å². The number of halogens is 2. The zero-order chi connectivity index (χ0) is 10.2. The molecular formula is C11H25Br2N. The predicted octanol–water partition coefficient (Wildman–Crippen LogP) is 0.432. The largest absolute Gasteiger partial charge is 1.00 e. The number of alkyl halides is 1. The third-order valence-electron chi connectivity index (χ3n) is 2.21. The van der Waals surface area contributed by atoms with E-state index < -0.39 is 0 Å². The van der Waals surface area contributed by atoms with E-state index in [0.29, 0.717) is 0 Å². The first-order valence-corrected chi connectivity index (χ1v) is 6.55. The third-order valence-corrected chi connectivity index (χ3v) is 2.77. The summed E-state index contributed by atoms with van der Waals surface area (Å²) in [7, 11) is 6.81. The molecule has 88 valence electrons. The second kappa shape index (κ2) is 10.4. The Kier molecular flexibility index (Phi) is 12.9. The lowest BCUT2D eigenvalue weighted by Crippen LogP contribution is -3.00. The third kappa shape index (κ3) is 15.4. The van der Waals surface area contributed by atoms with Crippen molar-refractivity contribution in [3.63, 3.8) is 0 Å². The van der Waals surface area contributed by atoms with Crippen molar-refractivity contribution >= 4 is 15.9 Å². The summed E-state index contributed by atoms with van der Waals surface area (Å²) < 4.78 is 1.11. The predicted molar refractivity (Wildman–Crippen MR) is 64.4 cm³/mol. The Morgan fingerprint density at radius 1 is 0.786 bits per heavy atom. The molecule has 0 heterocycles. The van der Waals surface area contributed by atoms with Crippen LogP contribution in [-0.4, -0.2) is 37.5 Å². The summed E-state index contributed by atoms with van der Waals surface area (Å²) in [6, 6.07) is 0. The van der Waals surface area contributed by atoms with Gasteiger partial charge in [-0.1, -0.05) is 35.2 Å². The Morgan fingerprint density at radius 2 is 1.21 bits per heavy atom. The molecule has 0 aromatic rings. The quantitative estimate of drug-likeness (QED) is 0.344. The normalized spacial score (nSPS) is 11.1. The number of hydrogen-bond acceptors (Lipinski definition) is 0. The average Bonchev–Trinajstić information content (AvgIpc) is 2.01. The molecule has 1 nitrogen and oxygen atoms in total. The number of nitrogens with zero attached hydrogens (tertiary/aromatic N) is 1. The fourth-order valence-corrected chi connectivity index (χ4v) is 1.78. The zero-order valence-corrected chi connectivity index (χ0v) is 13.0. The molecule has 0 spiro atoms. The molecule has 3 heteroatoms. The molecule has 0 aliphatic heterocycles. The van der Waals surface area contributed by atoms with Gasteiger partial charge in [0.15, 0.2) is 0 Å². The first kappa shape index (κ1) is 17.3. The van der Waals surface area contributed by atoms with Gasteiger partial charge in [0.1, 0.15) is 0 Å². The maximum Gasteiger partial charge on any atom is 0.0780 e. The molecule has 0 fully saturated rings. The van der Waals surface area contributed by atoms with Crippen molar-refractivity contribution in [3.05, 3.63) is 0 Å². The summed E-state index contributed by atoms with van der Waals surface area (Å²) in [4.78, 5) is 0. The number of unbranched alkanes of at least 4 members (excludes halogenated alkanes) is 5. The molecule has 0 amide bonds. The van der Waals surface area contributed by atoms with E-state index in [9.17, 15) is 0 Å². The smallest absolute Gasteiger partial charge is 0.0780 e. The van der Waals surface area contributed by atoms with E-state index in [-0.39, 0.29) is 17.0 Å². The van der Waals surface area contributed by atoms with Crippen molar-refractivity contribution in [1.29, 1.82) is 0 Å². The van der Waals surface area contributed by atoms with Crippen LogP contribution in [0.3, 0.4) is 0 Å². The van der Waals surface area contributed by atoms with E-state index in [1.54, 1.807) is 0 Å². The van der Waals surface area contributed by atoms with Gasteiger partial charge >= 0.3 is 0 Å². The molecule has 0 N–H and O–H groups in total. The molecule has 0 saturated carbocycles. The monoisotopic (exact) mass is 329 g/mol. The number of quaternary nitrogens is 1. The molecular weight excluding hydrogens is 306 g/mol. The first-order chi connectivity index (χ1) is 6.06. The lowest BCUT2D eigenvalue weighted by molar-refractivity contribution is -0.870. The zero-order valence-electron chi connectivity index (χ0n) is 9.86. The molecule has 0 unspecified atom stereocenters. The molecule has 14 heavy (non-hydrogen) atoms. The molecule has 0 aliphatic carbocycles. The fourth-order valence-electron chi connectivity index (χ4n) is 1.39. The van der Waals surface area contributed by atoms with Crippen LogP contribution in [0.2, 0.25) is 0 Å². The minimum Gasteiger partial charge on any atom is -1.00 e. The van der Waals surface area contributed by atoms with E-state index in [1.807, 2.05) is 0 Å². The summed E-state index contributed by atoms with van der Waals surface area (Å²) in [5.74, 6) is 0. The van der Waals surface area contributed by atoms with E-state index in [4.69, 9.17) is 0 Å². The van der Waals surface area contributed by atoms with Gasteiger partial charge in [0.25, 0.3) is 0 Å². The van der Waals surface area contributed by atoms with Crippen molar-refractivity contribution in [3.8, 4) is 0 Å². The summed E-state index contributed by atoms with van der Waals surface area (Å²) in [5.41, 5.74) is 0. The average molecular weight is 331 g/mol. The van der Waals surface area contributed by atoms with Crippen LogP contribution < -0.4 is 17.0 Å². The van der Waals surface area contributed by atoms with E-state index in [2.05, 4.69) is 37.1 Å². The summed E-state index contributed by atoms with van der Waals surface area (Å²) in [5, 5.41) is 1.17. The summed E-state index contributed by atoms with van der Waals surface area (Å²) >= 11 is 3.46. The van der Waals surface area contributed by atoms with Crippen LogP contribution >= 0.6 is 15.9 Å². The van der Waals surface area contributed by atoms with Crippen LogP contribution in [0.1, 0.15) is 38.5 Å². The highest BCUT2D eigenvalue weighted by atomic mass is 79.9. The highest BCUT2D eigenvalue weighted by Gasteiger charge is 2.04. The Morgan fingerprint density at radius 3 is 1.64 bits per heavy atom. The Balaban J connectivity index is 0. The molecule has 0 saturated heterocycles. The highest BCUT2D eigenvalue weighted by Crippen LogP contribution is 2.07. The fraction of sp³-hybridized carbons (Fsp3) is 1.00. The van der Waals surface area contributed by atoms with Crippen molar-refractivity contribution in [2.45, 2.75) is 38.5 Å². The maximum absolute atomic E-state index is 3.46. The van der Waals surface area contributed by atoms with Gasteiger partial charge in [-0.25, -0.2) is 0 Å². The standard InChI is InChI=1S/C11H25BrN.BrH/c1-13(2,3)11-9-7-5-4-6-8-10-12;/h4-11H2,1-3H3;1H/q+1;/p-1. The first-order valence-electron chi connectivity index (χ1n) is 5.43. The molecule has 0 aliphatic rings. The van der Waals surface area contributed by atoms with Crippen molar-refractivity contribution in [2.24, 2.45) is 0 Å². The second-order valence-electron chi connectivity index (χ2n) is 4.82. The van der Waals surface area contributed by atoms with Gasteiger partial charge in [0.2, 0.25) is 0 Å². The summed E-state index contributed by atoms with van der Waals surface area (Å²) in [6.07, 6.45) is 8.39. The molecule has 0 bridgehead atoms. The molecule has 0 aromatic heterocycles. The minimum atomic E-state index is 0. The lowest BCUT2D eigenvalue weighted by Gasteiger charge is -2.23. The van der Waals surface area contributed by atoms with Gasteiger partial charge in [-0.05, 0) is 19.3 Å². The van der Waals surface area contributed by atoms with E-state index in [0.717, 1.165) is 4.48 Å². The minimum absolute atomic E-state index is 0. The molecule has 0 radical (unpaired) electrons. The lowest BCUT2D eigenvalue weighted by atomic mass is 10.1. The van der Waals surface area contributed by atoms with Crippen LogP contribution in [0.5, 0.6) is 0 Å². The van der Waals surface area contributed by atoms with E-state index in [1.165, 1.54) is 50.4 Å². The van der Waals surface area contributed by atoms with Gasteiger partial charge in [0, 0.05) is 5.33 Å². The number of rotatable bonds is 8. The van der Waals surface area contributed by atoms with Crippen molar-refractivity contribution in [2.75, 3.05) is 33.0 Å². The maximum atomic E-state index is 3.46.